The molecule has 0 aliphatic carbocycles. The number of nitrogens with one attached hydrogen (secondary N) is 1. The molecule has 0 bridgehead atoms. The van der Waals surface area contributed by atoms with Gasteiger partial charge in [-0.15, -0.1) is 12.4 Å². The number of nitrogens with zero attached hydrogens (tertiary/aromatic N) is 1. The van der Waals surface area contributed by atoms with Crippen molar-refractivity contribution in [2.75, 3.05) is 18.4 Å². The van der Waals surface area contributed by atoms with Crippen molar-refractivity contribution in [3.05, 3.63) is 65.7 Å². The van der Waals surface area contributed by atoms with Crippen LogP contribution in [0.15, 0.2) is 54.6 Å². The number of nitrogens with two attached hydrogens (primary N) is 1. The first-order valence-corrected chi connectivity index (χ1v) is 8.54. The predicted octanol–water partition coefficient (Wildman–Crippen LogP) is 3.16. The summed E-state index contributed by atoms with van der Waals surface area (Å²) in [5, 5.41) is 2.83. The lowest BCUT2D eigenvalue weighted by atomic mass is 9.92. The number of carbonyl (C=O) groups is 2. The highest BCUT2D eigenvalue weighted by Crippen LogP contribution is 2.21. The number of hydrogen-bond donors (Lipinski definition) is 2. The van der Waals surface area contributed by atoms with Gasteiger partial charge >= 0.3 is 0 Å². The van der Waals surface area contributed by atoms with Crippen molar-refractivity contribution in [2.45, 2.75) is 25.3 Å². The summed E-state index contributed by atoms with van der Waals surface area (Å²) in [4.78, 5) is 26.8. The second kappa shape index (κ2) is 8.34. The number of anilines is 1. The van der Waals surface area contributed by atoms with E-state index >= 15 is 0 Å². The van der Waals surface area contributed by atoms with Crippen LogP contribution in [0, 0.1) is 0 Å². The lowest BCUT2D eigenvalue weighted by Gasteiger charge is -2.24. The Kier molecular flexibility index (Phi) is 6.40. The summed E-state index contributed by atoms with van der Waals surface area (Å²) < 4.78 is 0. The van der Waals surface area contributed by atoms with Gasteiger partial charge < -0.3 is 16.0 Å². The van der Waals surface area contributed by atoms with E-state index in [4.69, 9.17) is 5.73 Å². The SMILES string of the molecule is CC(N)(C(=O)Nc1ccc(C(=O)N2CCCC2)cc1)c1ccccc1.Cl. The van der Waals surface area contributed by atoms with Gasteiger partial charge in [0.1, 0.15) is 5.54 Å². The molecule has 1 unspecified atom stereocenters. The summed E-state index contributed by atoms with van der Waals surface area (Å²) in [6.07, 6.45) is 2.13. The van der Waals surface area contributed by atoms with Crippen molar-refractivity contribution >= 4 is 29.9 Å². The second-order valence-corrected chi connectivity index (χ2v) is 6.60. The minimum atomic E-state index is -1.13. The molecule has 0 radical (unpaired) electrons. The summed E-state index contributed by atoms with van der Waals surface area (Å²) in [6, 6.07) is 16.2. The van der Waals surface area contributed by atoms with Crippen LogP contribution in [0.5, 0.6) is 0 Å². The molecule has 138 valence electrons. The highest BCUT2D eigenvalue weighted by atomic mass is 35.5. The van der Waals surface area contributed by atoms with E-state index in [-0.39, 0.29) is 24.2 Å². The molecule has 1 fully saturated rings. The lowest BCUT2D eigenvalue weighted by molar-refractivity contribution is -0.120. The number of hydrogen-bond acceptors (Lipinski definition) is 3. The van der Waals surface area contributed by atoms with E-state index in [0.29, 0.717) is 11.3 Å². The zero-order valence-corrected chi connectivity index (χ0v) is 15.6. The zero-order valence-electron chi connectivity index (χ0n) is 14.8. The number of halogens is 1. The van der Waals surface area contributed by atoms with Crippen molar-refractivity contribution in [1.29, 1.82) is 0 Å². The first-order valence-electron chi connectivity index (χ1n) is 8.54. The van der Waals surface area contributed by atoms with E-state index in [1.165, 1.54) is 0 Å². The molecule has 2 aromatic rings. The summed E-state index contributed by atoms with van der Waals surface area (Å²) in [7, 11) is 0. The Bertz CT molecular complexity index is 754. The smallest absolute Gasteiger partial charge is 0.253 e. The first-order chi connectivity index (χ1) is 12.0. The van der Waals surface area contributed by atoms with Crippen molar-refractivity contribution in [3.8, 4) is 0 Å². The minimum Gasteiger partial charge on any atom is -0.339 e. The second-order valence-electron chi connectivity index (χ2n) is 6.60. The van der Waals surface area contributed by atoms with Crippen LogP contribution in [0.25, 0.3) is 0 Å². The van der Waals surface area contributed by atoms with Gasteiger partial charge in [0.15, 0.2) is 0 Å². The Morgan fingerprint density at radius 1 is 1.00 bits per heavy atom. The Morgan fingerprint density at radius 3 is 2.15 bits per heavy atom. The van der Waals surface area contributed by atoms with Gasteiger partial charge in [0.25, 0.3) is 5.91 Å². The Morgan fingerprint density at radius 2 is 1.58 bits per heavy atom. The highest BCUT2D eigenvalue weighted by molar-refractivity contribution is 5.99. The fourth-order valence-electron chi connectivity index (χ4n) is 2.98. The molecule has 0 saturated carbocycles. The molecule has 2 amide bonds. The molecule has 0 spiro atoms. The molecule has 6 heteroatoms. The van der Waals surface area contributed by atoms with Crippen molar-refractivity contribution in [3.63, 3.8) is 0 Å². The Hall–Kier alpha value is -2.37. The molecule has 26 heavy (non-hydrogen) atoms. The van der Waals surface area contributed by atoms with Gasteiger partial charge in [0, 0.05) is 24.3 Å². The van der Waals surface area contributed by atoms with Crippen LogP contribution in [0.1, 0.15) is 35.7 Å². The lowest BCUT2D eigenvalue weighted by Crippen LogP contribution is -2.45. The van der Waals surface area contributed by atoms with Crippen LogP contribution in [0.3, 0.4) is 0 Å². The van der Waals surface area contributed by atoms with Crippen LogP contribution < -0.4 is 11.1 Å². The van der Waals surface area contributed by atoms with E-state index in [2.05, 4.69) is 5.32 Å². The van der Waals surface area contributed by atoms with Crippen molar-refractivity contribution in [2.24, 2.45) is 5.73 Å². The number of benzene rings is 2. The quantitative estimate of drug-likeness (QED) is 0.864. The summed E-state index contributed by atoms with van der Waals surface area (Å²) in [6.45, 7) is 3.32. The Balaban J connectivity index is 0.00000243. The maximum atomic E-state index is 12.6. The average molecular weight is 374 g/mol. The molecule has 3 N–H and O–H groups in total. The third-order valence-electron chi connectivity index (χ3n) is 4.63. The number of rotatable bonds is 4. The summed E-state index contributed by atoms with van der Waals surface area (Å²) >= 11 is 0. The van der Waals surface area contributed by atoms with Gasteiger partial charge in [-0.05, 0) is 49.6 Å². The molecule has 1 atom stereocenters. The van der Waals surface area contributed by atoms with Crippen LogP contribution in [-0.4, -0.2) is 29.8 Å². The standard InChI is InChI=1S/C20H23N3O2.ClH/c1-20(21,16-7-3-2-4-8-16)19(25)22-17-11-9-15(10-12-17)18(24)23-13-5-6-14-23;/h2-4,7-12H,5-6,13-14,21H2,1H3,(H,22,25);1H. The molecule has 1 aliphatic heterocycles. The van der Waals surface area contributed by atoms with Gasteiger partial charge in [0.05, 0.1) is 0 Å². The molecular weight excluding hydrogens is 350 g/mol. The van der Waals surface area contributed by atoms with Gasteiger partial charge in [-0.1, -0.05) is 30.3 Å². The molecule has 1 saturated heterocycles. The third kappa shape index (κ3) is 4.23. The Labute approximate surface area is 160 Å². The average Bonchev–Trinajstić information content (AvgIpc) is 3.17. The number of amides is 2. The highest BCUT2D eigenvalue weighted by Gasteiger charge is 2.30. The number of carbonyl (C=O) groups excluding carboxylic acids is 2. The van der Waals surface area contributed by atoms with E-state index < -0.39 is 5.54 Å². The monoisotopic (exact) mass is 373 g/mol. The van der Waals surface area contributed by atoms with Crippen molar-refractivity contribution in [1.82, 2.24) is 4.90 Å². The fraction of sp³-hybridized carbons (Fsp3) is 0.300. The van der Waals surface area contributed by atoms with Crippen LogP contribution in [-0.2, 0) is 10.3 Å². The van der Waals surface area contributed by atoms with E-state index in [1.807, 2.05) is 35.2 Å². The summed E-state index contributed by atoms with van der Waals surface area (Å²) in [5.41, 5.74) is 7.09. The van der Waals surface area contributed by atoms with Crippen LogP contribution >= 0.6 is 12.4 Å². The summed E-state index contributed by atoms with van der Waals surface area (Å²) in [5.74, 6) is -0.249. The van der Waals surface area contributed by atoms with Gasteiger partial charge in [0.2, 0.25) is 5.91 Å². The topological polar surface area (TPSA) is 75.4 Å². The third-order valence-corrected chi connectivity index (χ3v) is 4.63. The largest absolute Gasteiger partial charge is 0.339 e. The predicted molar refractivity (Wildman–Crippen MR) is 105 cm³/mol. The van der Waals surface area contributed by atoms with E-state index in [0.717, 1.165) is 31.5 Å². The molecule has 5 nitrogen and oxygen atoms in total. The molecular formula is C20H24ClN3O2. The molecule has 1 aliphatic rings. The minimum absolute atomic E-state index is 0. The normalized spacial score (nSPS) is 15.7. The molecule has 2 aromatic carbocycles. The van der Waals surface area contributed by atoms with Crippen molar-refractivity contribution < 1.29 is 9.59 Å². The fourth-order valence-corrected chi connectivity index (χ4v) is 2.98. The molecule has 0 aromatic heterocycles. The van der Waals surface area contributed by atoms with Gasteiger partial charge in [-0.25, -0.2) is 0 Å². The van der Waals surface area contributed by atoms with Crippen LogP contribution in [0.2, 0.25) is 0 Å². The van der Waals surface area contributed by atoms with E-state index in [1.54, 1.807) is 31.2 Å². The van der Waals surface area contributed by atoms with Gasteiger partial charge in [-0.3, -0.25) is 9.59 Å². The zero-order chi connectivity index (χ0) is 17.9. The van der Waals surface area contributed by atoms with E-state index in [9.17, 15) is 9.59 Å². The van der Waals surface area contributed by atoms with Gasteiger partial charge in [-0.2, -0.15) is 0 Å². The maximum Gasteiger partial charge on any atom is 0.253 e. The molecule has 1 heterocycles. The first kappa shape index (κ1) is 19.9. The molecule has 3 rings (SSSR count). The van der Waals surface area contributed by atoms with Crippen LogP contribution in [0.4, 0.5) is 5.69 Å². The number of likely N-dealkylation sites (tertiary alicyclic amines) is 1. The maximum absolute atomic E-state index is 12.6.